The van der Waals surface area contributed by atoms with Gasteiger partial charge >= 0.3 is 0 Å². The molecule has 1 aliphatic rings. The Morgan fingerprint density at radius 1 is 0.905 bits per heavy atom. The number of carbonyl (C=O) groups is 2. The van der Waals surface area contributed by atoms with Gasteiger partial charge in [-0.3, -0.25) is 14.5 Å². The smallest absolute Gasteiger partial charge is 0.271 e. The topological polar surface area (TPSA) is 88.2 Å². The van der Waals surface area contributed by atoms with Gasteiger partial charge in [-0.25, -0.2) is 4.68 Å². The van der Waals surface area contributed by atoms with E-state index in [1.54, 1.807) is 17.7 Å². The highest BCUT2D eigenvalue weighted by atomic mass is 16.5. The van der Waals surface area contributed by atoms with E-state index in [2.05, 4.69) is 6.92 Å². The van der Waals surface area contributed by atoms with Crippen LogP contribution in [0.1, 0.15) is 44.2 Å². The van der Waals surface area contributed by atoms with Gasteiger partial charge in [-0.05, 0) is 67.0 Å². The molecule has 0 saturated heterocycles. The van der Waals surface area contributed by atoms with Crippen molar-refractivity contribution in [3.63, 3.8) is 0 Å². The third kappa shape index (κ3) is 6.08. The van der Waals surface area contributed by atoms with Gasteiger partial charge in [0.25, 0.3) is 11.8 Å². The molecule has 2 heterocycles. The number of imide groups is 1. The molecule has 42 heavy (non-hydrogen) atoms. The molecule has 0 bridgehead atoms. The lowest BCUT2D eigenvalue weighted by atomic mass is 9.93. The quantitative estimate of drug-likeness (QED) is 0.120. The molecule has 1 aromatic heterocycles. The van der Waals surface area contributed by atoms with Crippen molar-refractivity contribution < 1.29 is 14.3 Å². The predicted molar refractivity (Wildman–Crippen MR) is 162 cm³/mol. The van der Waals surface area contributed by atoms with Crippen molar-refractivity contribution in [3.05, 3.63) is 119 Å². The molecule has 1 aliphatic heterocycles. The van der Waals surface area contributed by atoms with Gasteiger partial charge in [0.1, 0.15) is 24.0 Å². The van der Waals surface area contributed by atoms with Crippen LogP contribution in [0.25, 0.3) is 23.0 Å². The van der Waals surface area contributed by atoms with Crippen molar-refractivity contribution in [3.8, 4) is 28.8 Å². The van der Waals surface area contributed by atoms with E-state index in [-0.39, 0.29) is 12.1 Å². The minimum atomic E-state index is -0.528. The summed E-state index contributed by atoms with van der Waals surface area (Å²) in [4.78, 5) is 27.8. The lowest BCUT2D eigenvalue weighted by Gasteiger charge is -2.27. The zero-order valence-electron chi connectivity index (χ0n) is 23.8. The van der Waals surface area contributed by atoms with Crippen LogP contribution in [-0.2, 0) is 16.2 Å². The van der Waals surface area contributed by atoms with E-state index in [0.717, 1.165) is 35.4 Å². The second-order valence-corrected chi connectivity index (χ2v) is 10.2. The molecular formula is C35H32N4O3. The van der Waals surface area contributed by atoms with Gasteiger partial charge in [-0.1, -0.05) is 68.3 Å². The first-order valence-electron chi connectivity index (χ1n) is 14.1. The Labute approximate surface area is 246 Å². The molecule has 4 aromatic rings. The molecule has 210 valence electrons. The van der Waals surface area contributed by atoms with E-state index in [4.69, 9.17) is 9.84 Å². The Morgan fingerprint density at radius 2 is 1.60 bits per heavy atom. The van der Waals surface area contributed by atoms with Crippen molar-refractivity contribution >= 4 is 17.9 Å². The van der Waals surface area contributed by atoms with E-state index in [1.807, 2.05) is 97.2 Å². The number of para-hydroxylation sites is 1. The van der Waals surface area contributed by atoms with Crippen LogP contribution in [0, 0.1) is 11.3 Å². The van der Waals surface area contributed by atoms with Crippen molar-refractivity contribution in [1.82, 2.24) is 14.7 Å². The summed E-state index contributed by atoms with van der Waals surface area (Å²) >= 11 is 0. The zero-order valence-corrected chi connectivity index (χ0v) is 23.8. The van der Waals surface area contributed by atoms with Crippen LogP contribution >= 0.6 is 0 Å². The Kier molecular flexibility index (Phi) is 8.74. The molecule has 0 unspecified atom stereocenters. The first kappa shape index (κ1) is 28.3. The first-order valence-corrected chi connectivity index (χ1v) is 14.1. The lowest BCUT2D eigenvalue weighted by Crippen LogP contribution is -2.43. The highest BCUT2D eigenvalue weighted by Crippen LogP contribution is 2.32. The fourth-order valence-corrected chi connectivity index (χ4v) is 4.89. The van der Waals surface area contributed by atoms with Gasteiger partial charge in [0.05, 0.1) is 11.4 Å². The molecule has 2 amide bonds. The third-order valence-electron chi connectivity index (χ3n) is 7.25. The van der Waals surface area contributed by atoms with E-state index in [9.17, 15) is 14.9 Å². The highest BCUT2D eigenvalue weighted by molar-refractivity contribution is 6.19. The minimum Gasteiger partial charge on any atom is -0.489 e. The summed E-state index contributed by atoms with van der Waals surface area (Å²) in [5.41, 5.74) is 4.83. The summed E-state index contributed by atoms with van der Waals surface area (Å²) in [6, 6.07) is 29.4. The summed E-state index contributed by atoms with van der Waals surface area (Å²) in [6.07, 6.45) is 6.14. The SMILES string of the molecule is CCCCCN1C(=O)C(=Cc2cn(-c3ccccc3)nc2-c2ccc(OCc3ccccc3)cc2)C(C)=C(C#N)C1=O. The van der Waals surface area contributed by atoms with Gasteiger partial charge in [-0.2, -0.15) is 10.4 Å². The molecule has 0 saturated carbocycles. The third-order valence-corrected chi connectivity index (χ3v) is 7.25. The first-order chi connectivity index (χ1) is 20.5. The number of benzene rings is 3. The van der Waals surface area contributed by atoms with E-state index >= 15 is 0 Å². The normalized spacial score (nSPS) is 14.4. The predicted octanol–water partition coefficient (Wildman–Crippen LogP) is 6.90. The van der Waals surface area contributed by atoms with Gasteiger partial charge in [0, 0.05) is 29.4 Å². The fourth-order valence-electron chi connectivity index (χ4n) is 4.89. The maximum atomic E-state index is 13.6. The summed E-state index contributed by atoms with van der Waals surface area (Å²) in [5.74, 6) is -0.193. The Balaban J connectivity index is 1.53. The van der Waals surface area contributed by atoms with Gasteiger partial charge in [0.2, 0.25) is 0 Å². The molecule has 0 fully saturated rings. The summed E-state index contributed by atoms with van der Waals surface area (Å²) in [7, 11) is 0. The number of amides is 2. The molecule has 0 spiro atoms. The molecule has 5 rings (SSSR count). The number of hydrogen-bond donors (Lipinski definition) is 0. The van der Waals surface area contributed by atoms with E-state index in [1.165, 1.54) is 4.90 Å². The van der Waals surface area contributed by atoms with E-state index in [0.29, 0.717) is 35.4 Å². The number of carbonyl (C=O) groups excluding carboxylic acids is 2. The number of nitriles is 1. The highest BCUT2D eigenvalue weighted by Gasteiger charge is 2.35. The van der Waals surface area contributed by atoms with E-state index < -0.39 is 11.8 Å². The van der Waals surface area contributed by atoms with Crippen LogP contribution in [0.2, 0.25) is 0 Å². The van der Waals surface area contributed by atoms with Crippen LogP contribution in [0.15, 0.2) is 108 Å². The average molecular weight is 557 g/mol. The van der Waals surface area contributed by atoms with Crippen LogP contribution in [0.3, 0.4) is 0 Å². The molecular weight excluding hydrogens is 524 g/mol. The number of rotatable bonds is 10. The maximum Gasteiger partial charge on any atom is 0.271 e. The van der Waals surface area contributed by atoms with Crippen LogP contribution < -0.4 is 4.74 Å². The number of unbranched alkanes of at least 4 members (excludes halogenated alkanes) is 2. The summed E-state index contributed by atoms with van der Waals surface area (Å²) in [6.45, 7) is 4.46. The number of nitrogens with zero attached hydrogens (tertiary/aromatic N) is 4. The zero-order chi connectivity index (χ0) is 29.5. The number of hydrogen-bond acceptors (Lipinski definition) is 5. The molecule has 3 aromatic carbocycles. The second kappa shape index (κ2) is 13.0. The molecule has 0 N–H and O–H groups in total. The largest absolute Gasteiger partial charge is 0.489 e. The Morgan fingerprint density at radius 3 is 2.26 bits per heavy atom. The van der Waals surface area contributed by atoms with Gasteiger partial charge in [-0.15, -0.1) is 0 Å². The molecule has 7 nitrogen and oxygen atoms in total. The standard InChI is InChI=1S/C35H32N4O3/c1-3-4-11-20-38-34(40)31(25(2)32(22-36)35(38)41)21-28-23-39(29-14-9-6-10-15-29)37-33(28)27-16-18-30(19-17-27)42-24-26-12-7-5-8-13-26/h5-10,12-19,21,23H,3-4,11,20,24H2,1-2H3. The monoisotopic (exact) mass is 556 g/mol. The summed E-state index contributed by atoms with van der Waals surface area (Å²) < 4.78 is 7.73. The molecule has 0 aliphatic carbocycles. The molecule has 0 atom stereocenters. The maximum absolute atomic E-state index is 13.6. The Bertz CT molecular complexity index is 1680. The van der Waals surface area contributed by atoms with Crippen LogP contribution in [0.5, 0.6) is 5.75 Å². The van der Waals surface area contributed by atoms with Crippen molar-refractivity contribution in [1.29, 1.82) is 5.26 Å². The molecule has 7 heteroatoms. The van der Waals surface area contributed by atoms with Crippen molar-refractivity contribution in [2.24, 2.45) is 0 Å². The average Bonchev–Trinajstić information content (AvgIpc) is 3.45. The minimum absolute atomic E-state index is 0.00531. The lowest BCUT2D eigenvalue weighted by molar-refractivity contribution is -0.140. The Hall–Kier alpha value is -5.22. The van der Waals surface area contributed by atoms with Gasteiger partial charge < -0.3 is 4.74 Å². The number of aromatic nitrogens is 2. The second-order valence-electron chi connectivity index (χ2n) is 10.2. The van der Waals surface area contributed by atoms with Gasteiger partial charge in [0.15, 0.2) is 0 Å². The van der Waals surface area contributed by atoms with Crippen molar-refractivity contribution in [2.75, 3.05) is 6.54 Å². The molecule has 0 radical (unpaired) electrons. The van der Waals surface area contributed by atoms with Crippen LogP contribution in [0.4, 0.5) is 0 Å². The van der Waals surface area contributed by atoms with Crippen molar-refractivity contribution in [2.45, 2.75) is 39.7 Å². The summed E-state index contributed by atoms with van der Waals surface area (Å²) in [5, 5.41) is 14.7. The fraction of sp³-hybridized carbons (Fsp3) is 0.200. The van der Waals surface area contributed by atoms with Crippen LogP contribution in [-0.4, -0.2) is 33.0 Å². The number of ether oxygens (including phenoxy) is 1.